The minimum atomic E-state index is 0.784. The van der Waals surface area contributed by atoms with Gasteiger partial charge < -0.3 is 9.80 Å². The number of piperidine rings is 1. The molecule has 1 atom stereocenters. The molecule has 0 saturated carbocycles. The van der Waals surface area contributed by atoms with Crippen LogP contribution in [-0.4, -0.2) is 56.0 Å². The Balaban J connectivity index is 2.10. The van der Waals surface area contributed by atoms with Crippen molar-refractivity contribution in [1.82, 2.24) is 9.80 Å². The molecule has 0 bridgehead atoms. The number of halogens is 1. The van der Waals surface area contributed by atoms with Crippen molar-refractivity contribution < 1.29 is 0 Å². The molecule has 17 heavy (non-hydrogen) atoms. The first-order valence-corrected chi connectivity index (χ1v) is 7.58. The van der Waals surface area contributed by atoms with E-state index in [0.717, 1.165) is 17.7 Å². The molecule has 0 amide bonds. The van der Waals surface area contributed by atoms with Gasteiger partial charge in [0.1, 0.15) is 0 Å². The van der Waals surface area contributed by atoms with Crippen molar-refractivity contribution >= 4 is 11.6 Å². The highest BCUT2D eigenvalue weighted by Gasteiger charge is 2.19. The maximum Gasteiger partial charge on any atom is 0.0225 e. The highest BCUT2D eigenvalue weighted by atomic mass is 35.5. The van der Waals surface area contributed by atoms with E-state index < -0.39 is 0 Å². The summed E-state index contributed by atoms with van der Waals surface area (Å²) in [6.07, 6.45) is 5.23. The summed E-state index contributed by atoms with van der Waals surface area (Å²) in [7, 11) is 4.36. The molecule has 0 aliphatic carbocycles. The first-order chi connectivity index (χ1) is 8.11. The van der Waals surface area contributed by atoms with Gasteiger partial charge in [0.15, 0.2) is 0 Å². The van der Waals surface area contributed by atoms with E-state index in [4.69, 9.17) is 11.6 Å². The standard InChI is InChI=1S/C14H29ClN2/c1-13(4-8-15)5-9-17-10-6-14(7-11-17)12-16(2)3/h13-14H,4-12H2,1-3H3. The minimum Gasteiger partial charge on any atom is -0.309 e. The first-order valence-electron chi connectivity index (χ1n) is 7.05. The third-order valence-electron chi connectivity index (χ3n) is 3.87. The third-order valence-corrected chi connectivity index (χ3v) is 4.09. The lowest BCUT2D eigenvalue weighted by Crippen LogP contribution is -2.37. The molecule has 0 aromatic carbocycles. The van der Waals surface area contributed by atoms with Gasteiger partial charge in [-0.2, -0.15) is 0 Å². The van der Waals surface area contributed by atoms with Crippen LogP contribution in [0.4, 0.5) is 0 Å². The Morgan fingerprint density at radius 1 is 1.24 bits per heavy atom. The van der Waals surface area contributed by atoms with Gasteiger partial charge in [0, 0.05) is 12.4 Å². The summed E-state index contributed by atoms with van der Waals surface area (Å²) in [6, 6.07) is 0. The molecule has 102 valence electrons. The smallest absolute Gasteiger partial charge is 0.0225 e. The molecule has 1 unspecified atom stereocenters. The van der Waals surface area contributed by atoms with Gasteiger partial charge in [0.2, 0.25) is 0 Å². The average molecular weight is 261 g/mol. The predicted molar refractivity (Wildman–Crippen MR) is 76.8 cm³/mol. The number of likely N-dealkylation sites (tertiary alicyclic amines) is 1. The van der Waals surface area contributed by atoms with Crippen LogP contribution >= 0.6 is 11.6 Å². The van der Waals surface area contributed by atoms with Crippen molar-refractivity contribution in [2.24, 2.45) is 11.8 Å². The van der Waals surface area contributed by atoms with E-state index in [-0.39, 0.29) is 0 Å². The van der Waals surface area contributed by atoms with Crippen LogP contribution in [-0.2, 0) is 0 Å². The maximum atomic E-state index is 5.77. The van der Waals surface area contributed by atoms with Crippen LogP contribution in [0.1, 0.15) is 32.6 Å². The summed E-state index contributed by atoms with van der Waals surface area (Å²) in [4.78, 5) is 4.96. The second kappa shape index (κ2) is 8.34. The van der Waals surface area contributed by atoms with Gasteiger partial charge in [-0.25, -0.2) is 0 Å². The van der Waals surface area contributed by atoms with Crippen molar-refractivity contribution in [3.8, 4) is 0 Å². The topological polar surface area (TPSA) is 6.48 Å². The van der Waals surface area contributed by atoms with Gasteiger partial charge in [-0.3, -0.25) is 0 Å². The Morgan fingerprint density at radius 3 is 2.41 bits per heavy atom. The second-order valence-electron chi connectivity index (χ2n) is 5.92. The van der Waals surface area contributed by atoms with E-state index in [1.54, 1.807) is 0 Å². The van der Waals surface area contributed by atoms with E-state index >= 15 is 0 Å². The minimum absolute atomic E-state index is 0.784. The van der Waals surface area contributed by atoms with Crippen molar-refractivity contribution in [1.29, 1.82) is 0 Å². The van der Waals surface area contributed by atoms with Crippen molar-refractivity contribution in [2.75, 3.05) is 46.2 Å². The van der Waals surface area contributed by atoms with Gasteiger partial charge in [0.25, 0.3) is 0 Å². The lowest BCUT2D eigenvalue weighted by Gasteiger charge is -2.33. The molecule has 1 fully saturated rings. The van der Waals surface area contributed by atoms with Crippen LogP contribution < -0.4 is 0 Å². The first kappa shape index (κ1) is 15.3. The Labute approximate surface area is 112 Å². The summed E-state index contributed by atoms with van der Waals surface area (Å²) >= 11 is 5.77. The highest BCUT2D eigenvalue weighted by Crippen LogP contribution is 2.19. The number of hydrogen-bond acceptors (Lipinski definition) is 2. The van der Waals surface area contributed by atoms with Crippen LogP contribution in [0.3, 0.4) is 0 Å². The molecule has 0 N–H and O–H groups in total. The Kier molecular flexibility index (Phi) is 7.49. The fourth-order valence-electron chi connectivity index (χ4n) is 2.64. The van der Waals surface area contributed by atoms with Crippen molar-refractivity contribution in [2.45, 2.75) is 32.6 Å². The van der Waals surface area contributed by atoms with Crippen molar-refractivity contribution in [3.05, 3.63) is 0 Å². The summed E-state index contributed by atoms with van der Waals surface area (Å²) in [6.45, 7) is 7.45. The third kappa shape index (κ3) is 6.64. The molecular weight excluding hydrogens is 232 g/mol. The molecule has 0 aromatic heterocycles. The molecule has 3 heteroatoms. The fraction of sp³-hybridized carbons (Fsp3) is 1.00. The second-order valence-corrected chi connectivity index (χ2v) is 6.30. The lowest BCUT2D eigenvalue weighted by molar-refractivity contribution is 0.156. The van der Waals surface area contributed by atoms with E-state index in [1.165, 1.54) is 51.9 Å². The molecule has 0 aromatic rings. The molecular formula is C14H29ClN2. The number of nitrogens with zero attached hydrogens (tertiary/aromatic N) is 2. The number of hydrogen-bond donors (Lipinski definition) is 0. The van der Waals surface area contributed by atoms with Crippen molar-refractivity contribution in [3.63, 3.8) is 0 Å². The van der Waals surface area contributed by atoms with Gasteiger partial charge >= 0.3 is 0 Å². The zero-order valence-electron chi connectivity index (χ0n) is 11.8. The van der Waals surface area contributed by atoms with Crippen LogP contribution in [0, 0.1) is 11.8 Å². The van der Waals surface area contributed by atoms with Crippen LogP contribution in [0.25, 0.3) is 0 Å². The molecule has 0 radical (unpaired) electrons. The molecule has 0 spiro atoms. The molecule has 1 aliphatic heterocycles. The van der Waals surface area contributed by atoms with Gasteiger partial charge in [-0.15, -0.1) is 11.6 Å². The van der Waals surface area contributed by atoms with Gasteiger partial charge in [0.05, 0.1) is 0 Å². The fourth-order valence-corrected chi connectivity index (χ4v) is 3.02. The normalized spacial score (nSPS) is 21.0. The molecule has 1 aliphatic rings. The quantitative estimate of drug-likeness (QED) is 0.650. The summed E-state index contributed by atoms with van der Waals surface area (Å²) in [5.41, 5.74) is 0. The van der Waals surface area contributed by atoms with Gasteiger partial charge in [-0.05, 0) is 71.2 Å². The zero-order chi connectivity index (χ0) is 12.7. The summed E-state index contributed by atoms with van der Waals surface area (Å²) < 4.78 is 0. The van der Waals surface area contributed by atoms with E-state index in [0.29, 0.717) is 0 Å². The molecule has 1 rings (SSSR count). The van der Waals surface area contributed by atoms with Crippen LogP contribution in [0.15, 0.2) is 0 Å². The summed E-state index contributed by atoms with van der Waals surface area (Å²) in [5.74, 6) is 2.51. The Morgan fingerprint density at radius 2 is 1.88 bits per heavy atom. The van der Waals surface area contributed by atoms with Crippen LogP contribution in [0.2, 0.25) is 0 Å². The number of rotatable bonds is 7. The molecule has 2 nitrogen and oxygen atoms in total. The molecule has 1 heterocycles. The highest BCUT2D eigenvalue weighted by molar-refractivity contribution is 6.17. The van der Waals surface area contributed by atoms with E-state index in [9.17, 15) is 0 Å². The monoisotopic (exact) mass is 260 g/mol. The number of alkyl halides is 1. The maximum absolute atomic E-state index is 5.77. The largest absolute Gasteiger partial charge is 0.309 e. The Hall–Kier alpha value is 0.210. The zero-order valence-corrected chi connectivity index (χ0v) is 12.5. The Bertz CT molecular complexity index is 189. The lowest BCUT2D eigenvalue weighted by atomic mass is 9.95. The van der Waals surface area contributed by atoms with Gasteiger partial charge in [-0.1, -0.05) is 6.92 Å². The summed E-state index contributed by atoms with van der Waals surface area (Å²) in [5, 5.41) is 0. The SMILES string of the molecule is CC(CCCl)CCN1CCC(CN(C)C)CC1. The van der Waals surface area contributed by atoms with E-state index in [1.807, 2.05) is 0 Å². The molecule has 1 saturated heterocycles. The van der Waals surface area contributed by atoms with Crippen LogP contribution in [0.5, 0.6) is 0 Å². The van der Waals surface area contributed by atoms with E-state index in [2.05, 4.69) is 30.8 Å². The predicted octanol–water partition coefficient (Wildman–Crippen LogP) is 2.92. The average Bonchev–Trinajstić information content (AvgIpc) is 2.28.